The molecule has 0 aliphatic carbocycles. The predicted octanol–water partition coefficient (Wildman–Crippen LogP) is 5.14. The third-order valence-electron chi connectivity index (χ3n) is 5.23. The van der Waals surface area contributed by atoms with E-state index in [1.807, 2.05) is 65.8 Å². The first kappa shape index (κ1) is 23.1. The average Bonchev–Trinajstić information content (AvgIpc) is 3.21. The van der Waals surface area contributed by atoms with E-state index in [0.717, 1.165) is 16.8 Å². The number of amidine groups is 1. The number of hydrogen-bond donors (Lipinski definition) is 1. The second-order valence-electron chi connectivity index (χ2n) is 7.43. The zero-order valence-corrected chi connectivity index (χ0v) is 19.9. The van der Waals surface area contributed by atoms with Crippen LogP contribution in [0.1, 0.15) is 37.4 Å². The van der Waals surface area contributed by atoms with Crippen molar-refractivity contribution < 1.29 is 14.3 Å². The lowest BCUT2D eigenvalue weighted by Gasteiger charge is -2.36. The molecule has 1 amide bonds. The zero-order valence-electron chi connectivity index (χ0n) is 18.4. The number of rotatable bonds is 7. The molecular weight excluding hydrogens is 458 g/mol. The Kier molecular flexibility index (Phi) is 7.20. The van der Waals surface area contributed by atoms with E-state index in [0.29, 0.717) is 28.0 Å². The highest BCUT2D eigenvalue weighted by molar-refractivity contribution is 8.16. The molecule has 33 heavy (non-hydrogen) atoms. The van der Waals surface area contributed by atoms with E-state index in [1.54, 1.807) is 13.0 Å². The van der Waals surface area contributed by atoms with Gasteiger partial charge in [0.1, 0.15) is 0 Å². The van der Waals surface area contributed by atoms with Crippen molar-refractivity contribution in [1.29, 1.82) is 0 Å². The molecule has 0 radical (unpaired) electrons. The maximum absolute atomic E-state index is 13.4. The van der Waals surface area contributed by atoms with Crippen LogP contribution in [-0.2, 0) is 14.3 Å². The summed E-state index contributed by atoms with van der Waals surface area (Å²) in [5, 5.41) is 6.02. The molecular formula is C25H24ClN3O3S. The van der Waals surface area contributed by atoms with Crippen LogP contribution in [0.2, 0.25) is 5.02 Å². The normalized spacial score (nSPS) is 17.3. The van der Waals surface area contributed by atoms with Gasteiger partial charge in [0.25, 0.3) is 0 Å². The number of nitrogens with one attached hydrogen (secondary N) is 1. The molecule has 2 aromatic carbocycles. The van der Waals surface area contributed by atoms with E-state index < -0.39 is 12.0 Å². The fraction of sp³-hybridized carbons (Fsp3) is 0.240. The van der Waals surface area contributed by atoms with Crippen LogP contribution in [0.5, 0.6) is 0 Å². The summed E-state index contributed by atoms with van der Waals surface area (Å²) in [6.07, 6.45) is 0.174. The van der Waals surface area contributed by atoms with Gasteiger partial charge in [-0.2, -0.15) is 0 Å². The summed E-state index contributed by atoms with van der Waals surface area (Å²) >= 11 is 7.78. The Morgan fingerprint density at radius 3 is 2.64 bits per heavy atom. The largest absolute Gasteiger partial charge is 0.463 e. The minimum atomic E-state index is -0.541. The van der Waals surface area contributed by atoms with E-state index in [1.165, 1.54) is 11.8 Å². The molecule has 2 aliphatic rings. The molecule has 0 spiro atoms. The summed E-state index contributed by atoms with van der Waals surface area (Å²) in [6.45, 7) is 4.44. The Labute approximate surface area is 202 Å². The second kappa shape index (κ2) is 10.3. The Morgan fingerprint density at radius 2 is 1.94 bits per heavy atom. The van der Waals surface area contributed by atoms with Gasteiger partial charge >= 0.3 is 5.97 Å². The molecule has 2 heterocycles. The van der Waals surface area contributed by atoms with Crippen LogP contribution in [0.4, 0.5) is 0 Å². The number of ether oxygens (including phenoxy) is 1. The minimum Gasteiger partial charge on any atom is -0.463 e. The number of carbonyl (C=O) groups is 2. The number of halogens is 1. The summed E-state index contributed by atoms with van der Waals surface area (Å²) in [4.78, 5) is 32.6. The van der Waals surface area contributed by atoms with Gasteiger partial charge in [-0.3, -0.25) is 4.79 Å². The number of hydrogen-bond acceptors (Lipinski definition) is 6. The topological polar surface area (TPSA) is 71.0 Å². The summed E-state index contributed by atoms with van der Waals surface area (Å²) < 4.78 is 5.49. The number of carbonyl (C=O) groups excluding carboxylic acids is 2. The molecule has 0 saturated carbocycles. The van der Waals surface area contributed by atoms with Crippen LogP contribution in [0.25, 0.3) is 5.70 Å². The van der Waals surface area contributed by atoms with E-state index in [2.05, 4.69) is 5.32 Å². The lowest BCUT2D eigenvalue weighted by molar-refractivity contribution is -0.139. The van der Waals surface area contributed by atoms with Gasteiger partial charge < -0.3 is 15.0 Å². The molecule has 0 aromatic heterocycles. The molecule has 0 saturated heterocycles. The van der Waals surface area contributed by atoms with E-state index in [-0.39, 0.29) is 18.9 Å². The summed E-state index contributed by atoms with van der Waals surface area (Å²) in [5.41, 5.74) is 3.38. The molecule has 2 aromatic rings. The highest BCUT2D eigenvalue weighted by Crippen LogP contribution is 2.47. The minimum absolute atomic E-state index is 0.0917. The molecule has 2 aliphatic heterocycles. The van der Waals surface area contributed by atoms with E-state index in [4.69, 9.17) is 21.3 Å². The lowest BCUT2D eigenvalue weighted by atomic mass is 9.91. The average molecular weight is 482 g/mol. The Bertz CT molecular complexity index is 1160. The van der Waals surface area contributed by atoms with Gasteiger partial charge in [0.2, 0.25) is 5.91 Å². The number of nitrogens with zero attached hydrogens (tertiary/aromatic N) is 2. The molecule has 4 rings (SSSR count). The highest BCUT2D eigenvalue weighted by atomic mass is 35.5. The zero-order chi connectivity index (χ0) is 23.4. The first-order valence-electron chi connectivity index (χ1n) is 10.8. The number of esters is 1. The molecule has 6 nitrogen and oxygen atoms in total. The van der Waals surface area contributed by atoms with Crippen molar-refractivity contribution in [3.05, 3.63) is 87.4 Å². The quantitative estimate of drug-likeness (QED) is 0.554. The van der Waals surface area contributed by atoms with Crippen molar-refractivity contribution in [2.45, 2.75) is 26.3 Å². The first-order valence-corrected chi connectivity index (χ1v) is 12.0. The van der Waals surface area contributed by atoms with Crippen LogP contribution < -0.4 is 5.32 Å². The molecule has 1 unspecified atom stereocenters. The number of amides is 1. The van der Waals surface area contributed by atoms with Gasteiger partial charge in [0.05, 0.1) is 30.3 Å². The maximum Gasteiger partial charge on any atom is 0.338 e. The van der Waals surface area contributed by atoms with Crippen LogP contribution in [0.3, 0.4) is 0 Å². The van der Waals surface area contributed by atoms with Gasteiger partial charge in [-0.25, -0.2) is 9.79 Å². The molecule has 0 fully saturated rings. The van der Waals surface area contributed by atoms with Crippen molar-refractivity contribution >= 4 is 46.1 Å². The Hall–Kier alpha value is -3.03. The summed E-state index contributed by atoms with van der Waals surface area (Å²) in [6, 6.07) is 16.4. The van der Waals surface area contributed by atoms with Gasteiger partial charge in [0.15, 0.2) is 5.17 Å². The summed E-state index contributed by atoms with van der Waals surface area (Å²) in [5.74, 6) is -0.538. The van der Waals surface area contributed by atoms with Crippen LogP contribution >= 0.6 is 23.4 Å². The van der Waals surface area contributed by atoms with E-state index >= 15 is 0 Å². The van der Waals surface area contributed by atoms with Crippen LogP contribution in [0.15, 0.2) is 76.3 Å². The number of aliphatic imine (C=N–C) groups is 1. The fourth-order valence-corrected chi connectivity index (χ4v) is 5.02. The SMILES string of the molecule is CCNC(=O)CC1=CSC2=NC(c3ccccc3)=C(C(=O)OCC)C(c3cccc(Cl)c3)N12. The van der Waals surface area contributed by atoms with Crippen molar-refractivity contribution in [1.82, 2.24) is 10.2 Å². The maximum atomic E-state index is 13.4. The fourth-order valence-electron chi connectivity index (χ4n) is 3.90. The molecule has 170 valence electrons. The van der Waals surface area contributed by atoms with Gasteiger partial charge in [-0.1, -0.05) is 65.8 Å². The van der Waals surface area contributed by atoms with Gasteiger partial charge in [0, 0.05) is 22.8 Å². The molecule has 1 atom stereocenters. The molecule has 1 N–H and O–H groups in total. The molecule has 0 bridgehead atoms. The van der Waals surface area contributed by atoms with Crippen molar-refractivity contribution in [3.8, 4) is 0 Å². The van der Waals surface area contributed by atoms with E-state index in [9.17, 15) is 9.59 Å². The standard InChI is InChI=1S/C25H24ClN3O3S/c1-3-27-20(30)14-19-15-33-25-28-22(16-9-6-5-7-10-16)21(24(31)32-4-2)23(29(19)25)17-11-8-12-18(26)13-17/h5-13,15,23H,3-4,14H2,1-2H3,(H,27,30). The number of thioether (sulfide) groups is 1. The lowest BCUT2D eigenvalue weighted by Crippen LogP contribution is -2.38. The Balaban J connectivity index is 1.90. The second-order valence-corrected chi connectivity index (χ2v) is 8.70. The predicted molar refractivity (Wildman–Crippen MR) is 132 cm³/mol. The first-order chi connectivity index (χ1) is 16.0. The Morgan fingerprint density at radius 1 is 1.15 bits per heavy atom. The highest BCUT2D eigenvalue weighted by Gasteiger charge is 2.42. The number of fused-ring (bicyclic) bond motifs is 1. The monoisotopic (exact) mass is 481 g/mol. The van der Waals surface area contributed by atoms with Crippen LogP contribution in [-0.4, -0.2) is 35.1 Å². The third-order valence-corrected chi connectivity index (χ3v) is 6.36. The summed E-state index contributed by atoms with van der Waals surface area (Å²) in [7, 11) is 0. The third kappa shape index (κ3) is 4.84. The van der Waals surface area contributed by atoms with Crippen molar-refractivity contribution in [3.63, 3.8) is 0 Å². The van der Waals surface area contributed by atoms with Gasteiger partial charge in [-0.15, -0.1) is 0 Å². The van der Waals surface area contributed by atoms with Crippen molar-refractivity contribution in [2.24, 2.45) is 4.99 Å². The number of benzene rings is 2. The smallest absolute Gasteiger partial charge is 0.338 e. The molecule has 8 heteroatoms. The van der Waals surface area contributed by atoms with Gasteiger partial charge in [-0.05, 0) is 37.0 Å². The van der Waals surface area contributed by atoms with Crippen LogP contribution in [0, 0.1) is 0 Å². The van der Waals surface area contributed by atoms with Crippen molar-refractivity contribution in [2.75, 3.05) is 13.2 Å².